The van der Waals surface area contributed by atoms with Crippen LogP contribution < -0.4 is 10.1 Å². The maximum atomic E-state index is 12.1. The summed E-state index contributed by atoms with van der Waals surface area (Å²) in [6, 6.07) is 5.73. The van der Waals surface area contributed by atoms with Gasteiger partial charge in [-0.2, -0.15) is 0 Å². The number of benzene rings is 1. The van der Waals surface area contributed by atoms with Crippen LogP contribution in [-0.4, -0.2) is 40.2 Å². The number of carbonyl (C=O) groups excluding carboxylic acids is 2. The van der Waals surface area contributed by atoms with Crippen LogP contribution in [0.2, 0.25) is 0 Å². The molecule has 1 N–H and O–H groups in total. The number of carbonyl (C=O) groups is 2. The maximum Gasteiger partial charge on any atom is 0.306 e. The molecule has 0 aliphatic carbocycles. The topological polar surface area (TPSA) is 82.4 Å². The molecule has 0 fully saturated rings. The van der Waals surface area contributed by atoms with Gasteiger partial charge in [-0.1, -0.05) is 0 Å². The number of nitrogens with zero attached hydrogens (tertiary/aromatic N) is 2. The minimum absolute atomic E-state index is 0.0271. The fourth-order valence-corrected chi connectivity index (χ4v) is 2.97. The molecular formula is C21H31N3O4. The predicted octanol–water partition coefficient (Wildman–Crippen LogP) is 3.41. The zero-order chi connectivity index (χ0) is 20.9. The van der Waals surface area contributed by atoms with Crippen LogP contribution in [0, 0.1) is 0 Å². The Kier molecular flexibility index (Phi) is 7.05. The van der Waals surface area contributed by atoms with E-state index in [0.29, 0.717) is 18.7 Å². The summed E-state index contributed by atoms with van der Waals surface area (Å²) < 4.78 is 13.1. The third kappa shape index (κ3) is 5.97. The molecule has 0 radical (unpaired) electrons. The van der Waals surface area contributed by atoms with E-state index in [2.05, 4.69) is 28.7 Å². The number of likely N-dealkylation sites (N-methyl/N-ethyl adjacent to an activating group) is 1. The van der Waals surface area contributed by atoms with Crippen molar-refractivity contribution in [3.63, 3.8) is 0 Å². The Balaban J connectivity index is 2.19. The van der Waals surface area contributed by atoms with Gasteiger partial charge in [0.15, 0.2) is 6.61 Å². The van der Waals surface area contributed by atoms with E-state index >= 15 is 0 Å². The molecule has 1 aromatic heterocycles. The third-order valence-corrected chi connectivity index (χ3v) is 3.97. The van der Waals surface area contributed by atoms with Crippen molar-refractivity contribution >= 4 is 22.9 Å². The molecule has 7 nitrogen and oxygen atoms in total. The molecule has 7 heteroatoms. The number of esters is 1. The van der Waals surface area contributed by atoms with Crippen molar-refractivity contribution in [3.8, 4) is 5.75 Å². The highest BCUT2D eigenvalue weighted by atomic mass is 16.6. The number of nitrogens with one attached hydrogen (secondary N) is 1. The molecule has 0 spiro atoms. The van der Waals surface area contributed by atoms with Crippen molar-refractivity contribution in [1.29, 1.82) is 0 Å². The van der Waals surface area contributed by atoms with E-state index in [-0.39, 0.29) is 30.9 Å². The summed E-state index contributed by atoms with van der Waals surface area (Å²) >= 11 is 0. The minimum atomic E-state index is -0.494. The van der Waals surface area contributed by atoms with E-state index in [1.54, 1.807) is 6.07 Å². The van der Waals surface area contributed by atoms with Crippen molar-refractivity contribution in [2.75, 3.05) is 13.2 Å². The Bertz CT molecular complexity index is 834. The van der Waals surface area contributed by atoms with Crippen LogP contribution in [0.3, 0.4) is 0 Å². The summed E-state index contributed by atoms with van der Waals surface area (Å²) in [6.45, 7) is 12.1. The van der Waals surface area contributed by atoms with E-state index in [1.807, 2.05) is 39.8 Å². The fourth-order valence-electron chi connectivity index (χ4n) is 2.97. The molecule has 28 heavy (non-hydrogen) atoms. The Morgan fingerprint density at radius 3 is 2.57 bits per heavy atom. The number of hydrogen-bond donors (Lipinski definition) is 1. The molecule has 1 aromatic carbocycles. The van der Waals surface area contributed by atoms with Crippen LogP contribution in [0.25, 0.3) is 11.0 Å². The monoisotopic (exact) mass is 389 g/mol. The van der Waals surface area contributed by atoms with Gasteiger partial charge < -0.3 is 19.4 Å². The average Bonchev–Trinajstić information content (AvgIpc) is 2.94. The predicted molar refractivity (Wildman–Crippen MR) is 108 cm³/mol. The van der Waals surface area contributed by atoms with Gasteiger partial charge in [-0.15, -0.1) is 0 Å². The zero-order valence-corrected chi connectivity index (χ0v) is 17.7. The van der Waals surface area contributed by atoms with Gasteiger partial charge in [-0.05, 0) is 53.7 Å². The standard InChI is InChI=1S/C21H31N3O4/c1-7-22-19(25)13-27-15-8-9-16-17(12-15)24(14(2)3)18(23-16)10-11-20(26)28-21(4,5)6/h8-9,12,14H,7,10-11,13H2,1-6H3,(H,22,25). The number of ether oxygens (including phenoxy) is 2. The quantitative estimate of drug-likeness (QED) is 0.700. The van der Waals surface area contributed by atoms with Gasteiger partial charge in [0.25, 0.3) is 5.91 Å². The van der Waals surface area contributed by atoms with E-state index in [1.165, 1.54) is 0 Å². The number of aryl methyl sites for hydroxylation is 1. The molecule has 2 rings (SSSR count). The average molecular weight is 389 g/mol. The van der Waals surface area contributed by atoms with E-state index in [9.17, 15) is 9.59 Å². The molecule has 0 bridgehead atoms. The van der Waals surface area contributed by atoms with Gasteiger partial charge in [-0.25, -0.2) is 4.98 Å². The van der Waals surface area contributed by atoms with E-state index in [0.717, 1.165) is 16.9 Å². The normalized spacial score (nSPS) is 11.7. The number of imidazole rings is 1. The second-order valence-corrected chi connectivity index (χ2v) is 7.97. The number of fused-ring (bicyclic) bond motifs is 1. The molecule has 0 atom stereocenters. The lowest BCUT2D eigenvalue weighted by Crippen LogP contribution is -2.28. The zero-order valence-electron chi connectivity index (χ0n) is 17.7. The highest BCUT2D eigenvalue weighted by Crippen LogP contribution is 2.26. The Morgan fingerprint density at radius 2 is 1.96 bits per heavy atom. The first kappa shape index (κ1) is 21.7. The summed E-state index contributed by atoms with van der Waals surface area (Å²) in [4.78, 5) is 28.4. The van der Waals surface area contributed by atoms with Crippen LogP contribution >= 0.6 is 0 Å². The Morgan fingerprint density at radius 1 is 1.25 bits per heavy atom. The first-order valence-corrected chi connectivity index (χ1v) is 9.73. The largest absolute Gasteiger partial charge is 0.484 e. The van der Waals surface area contributed by atoms with Crippen LogP contribution in [0.1, 0.15) is 59.8 Å². The first-order valence-electron chi connectivity index (χ1n) is 9.73. The summed E-state index contributed by atoms with van der Waals surface area (Å²) in [7, 11) is 0. The van der Waals surface area contributed by atoms with E-state index < -0.39 is 5.60 Å². The molecule has 0 saturated carbocycles. The van der Waals surface area contributed by atoms with Crippen molar-refractivity contribution in [2.45, 2.75) is 66.0 Å². The lowest BCUT2D eigenvalue weighted by molar-refractivity contribution is -0.154. The van der Waals surface area contributed by atoms with Gasteiger partial charge in [0.05, 0.1) is 17.5 Å². The molecule has 0 unspecified atom stereocenters. The molecule has 0 saturated heterocycles. The van der Waals surface area contributed by atoms with Crippen LogP contribution in [0.15, 0.2) is 18.2 Å². The number of aromatic nitrogens is 2. The van der Waals surface area contributed by atoms with Crippen molar-refractivity contribution < 1.29 is 19.1 Å². The lowest BCUT2D eigenvalue weighted by Gasteiger charge is -2.19. The van der Waals surface area contributed by atoms with Crippen LogP contribution in [-0.2, 0) is 20.7 Å². The third-order valence-electron chi connectivity index (χ3n) is 3.97. The van der Waals surface area contributed by atoms with Crippen LogP contribution in [0.5, 0.6) is 5.75 Å². The Labute approximate surface area is 166 Å². The van der Waals surface area contributed by atoms with Crippen molar-refractivity contribution in [1.82, 2.24) is 14.9 Å². The van der Waals surface area contributed by atoms with Crippen LogP contribution in [0.4, 0.5) is 0 Å². The molecule has 1 heterocycles. The van der Waals surface area contributed by atoms with Gasteiger partial charge in [0.1, 0.15) is 17.2 Å². The van der Waals surface area contributed by atoms with Gasteiger partial charge in [0, 0.05) is 25.1 Å². The smallest absolute Gasteiger partial charge is 0.306 e. The Hall–Kier alpha value is -2.57. The van der Waals surface area contributed by atoms with Gasteiger partial charge >= 0.3 is 5.97 Å². The minimum Gasteiger partial charge on any atom is -0.484 e. The number of amides is 1. The first-order chi connectivity index (χ1) is 13.1. The summed E-state index contributed by atoms with van der Waals surface area (Å²) in [5.41, 5.74) is 1.26. The molecule has 2 aromatic rings. The van der Waals surface area contributed by atoms with Crippen molar-refractivity contribution in [2.24, 2.45) is 0 Å². The molecule has 0 aliphatic rings. The van der Waals surface area contributed by atoms with E-state index in [4.69, 9.17) is 9.47 Å². The fraction of sp³-hybridized carbons (Fsp3) is 0.571. The van der Waals surface area contributed by atoms with Gasteiger partial charge in [-0.3, -0.25) is 9.59 Å². The second-order valence-electron chi connectivity index (χ2n) is 7.97. The summed E-state index contributed by atoms with van der Waals surface area (Å²) in [5, 5.41) is 2.70. The lowest BCUT2D eigenvalue weighted by atomic mass is 10.2. The molecule has 154 valence electrons. The van der Waals surface area contributed by atoms with Crippen molar-refractivity contribution in [3.05, 3.63) is 24.0 Å². The molecule has 0 aliphatic heterocycles. The summed E-state index contributed by atoms with van der Waals surface area (Å²) in [5.74, 6) is 1.05. The number of hydrogen-bond acceptors (Lipinski definition) is 5. The SMILES string of the molecule is CCNC(=O)COc1ccc2nc(CCC(=O)OC(C)(C)C)n(C(C)C)c2c1. The van der Waals surface area contributed by atoms with Gasteiger partial charge in [0.2, 0.25) is 0 Å². The maximum absolute atomic E-state index is 12.1. The number of rotatable bonds is 8. The highest BCUT2D eigenvalue weighted by Gasteiger charge is 2.19. The molecule has 1 amide bonds. The summed E-state index contributed by atoms with van der Waals surface area (Å²) in [6.07, 6.45) is 0.769. The highest BCUT2D eigenvalue weighted by molar-refractivity contribution is 5.79. The molecular weight excluding hydrogens is 358 g/mol. The second kappa shape index (κ2) is 9.08.